The monoisotopic (exact) mass is 170 g/mol. The first-order valence-corrected chi connectivity index (χ1v) is 4.72. The molecular formula is C8H11O2P. The third-order valence-electron chi connectivity index (χ3n) is 0.860. The third-order valence-corrected chi connectivity index (χ3v) is 1.79. The Hall–Kier alpha value is -0.690. The number of unbranched alkanes of at least 4 members (excludes halogenated alkanes) is 1. The molecule has 0 aromatic carbocycles. The Morgan fingerprint density at radius 3 is 2.82 bits per heavy atom. The zero-order valence-corrected chi connectivity index (χ0v) is 7.52. The molecule has 0 aliphatic rings. The van der Waals surface area contributed by atoms with Gasteiger partial charge in [-0.25, -0.2) is 0 Å². The number of hydrogen-bond donors (Lipinski definition) is 0. The predicted octanol–water partition coefficient (Wildman–Crippen LogP) is 1.87. The summed E-state index contributed by atoms with van der Waals surface area (Å²) < 4.78 is 15.5. The van der Waals surface area contributed by atoms with Gasteiger partial charge in [0.05, 0.1) is 6.61 Å². The molecule has 2 nitrogen and oxygen atoms in total. The Morgan fingerprint density at radius 2 is 2.27 bits per heavy atom. The topological polar surface area (TPSA) is 26.3 Å². The highest BCUT2D eigenvalue weighted by molar-refractivity contribution is 7.45. The van der Waals surface area contributed by atoms with Crippen molar-refractivity contribution in [1.29, 1.82) is 0 Å². The molecule has 11 heavy (non-hydrogen) atoms. The van der Waals surface area contributed by atoms with Gasteiger partial charge in [0.2, 0.25) is 0 Å². The van der Waals surface area contributed by atoms with Gasteiger partial charge >= 0.3 is 0 Å². The number of rotatable bonds is 3. The van der Waals surface area contributed by atoms with E-state index in [0.717, 1.165) is 0 Å². The summed E-state index contributed by atoms with van der Waals surface area (Å²) in [6.07, 6.45) is 6.19. The van der Waals surface area contributed by atoms with Crippen molar-refractivity contribution >= 4 is 8.03 Å². The van der Waals surface area contributed by atoms with Crippen LogP contribution in [0.1, 0.15) is 19.8 Å². The average molecular weight is 170 g/mol. The van der Waals surface area contributed by atoms with Crippen LogP contribution in [0, 0.1) is 23.9 Å². The molecule has 0 saturated carbocycles. The first-order valence-electron chi connectivity index (χ1n) is 3.40. The van der Waals surface area contributed by atoms with Gasteiger partial charge in [-0.1, -0.05) is 5.92 Å². The predicted molar refractivity (Wildman–Crippen MR) is 46.5 cm³/mol. The molecular weight excluding hydrogens is 159 g/mol. The summed E-state index contributed by atoms with van der Waals surface area (Å²) >= 11 is 0. The highest BCUT2D eigenvalue weighted by Gasteiger charge is 1.86. The quantitative estimate of drug-likeness (QED) is 0.367. The van der Waals surface area contributed by atoms with E-state index in [0.29, 0.717) is 19.4 Å². The molecule has 3 heteroatoms. The Labute approximate surface area is 68.2 Å². The van der Waals surface area contributed by atoms with Gasteiger partial charge in [0.1, 0.15) is 0 Å². The second-order valence-electron chi connectivity index (χ2n) is 1.73. The van der Waals surface area contributed by atoms with Gasteiger partial charge in [0, 0.05) is 12.8 Å². The van der Waals surface area contributed by atoms with Crippen molar-refractivity contribution in [1.82, 2.24) is 0 Å². The van der Waals surface area contributed by atoms with E-state index in [1.807, 2.05) is 0 Å². The smallest absolute Gasteiger partial charge is 0.262 e. The van der Waals surface area contributed by atoms with E-state index in [-0.39, 0.29) is 0 Å². The van der Waals surface area contributed by atoms with Gasteiger partial charge in [0.25, 0.3) is 8.03 Å². The van der Waals surface area contributed by atoms with Crippen molar-refractivity contribution in [3.63, 3.8) is 0 Å². The van der Waals surface area contributed by atoms with Gasteiger partial charge in [-0.3, -0.25) is 4.57 Å². The summed E-state index contributed by atoms with van der Waals surface area (Å²) in [5.74, 6) is 5.13. The van der Waals surface area contributed by atoms with E-state index in [1.54, 1.807) is 6.92 Å². The third kappa shape index (κ3) is 7.20. The van der Waals surface area contributed by atoms with Crippen molar-refractivity contribution in [3.05, 3.63) is 0 Å². The van der Waals surface area contributed by atoms with Crippen LogP contribution in [0.25, 0.3) is 0 Å². The number of terminal acetylenes is 1. The van der Waals surface area contributed by atoms with Crippen molar-refractivity contribution in [3.8, 4) is 23.9 Å². The van der Waals surface area contributed by atoms with E-state index in [2.05, 4.69) is 17.5 Å². The van der Waals surface area contributed by atoms with E-state index < -0.39 is 8.03 Å². The minimum absolute atomic E-state index is 0.446. The molecule has 0 aliphatic heterocycles. The molecule has 0 aromatic rings. The maximum absolute atomic E-state index is 10.7. The van der Waals surface area contributed by atoms with Gasteiger partial charge in [-0.15, -0.1) is 12.3 Å². The van der Waals surface area contributed by atoms with Crippen LogP contribution < -0.4 is 0 Å². The lowest BCUT2D eigenvalue weighted by Crippen LogP contribution is -1.73. The minimum atomic E-state index is -2.10. The van der Waals surface area contributed by atoms with E-state index >= 15 is 0 Å². The second kappa shape index (κ2) is 7.42. The average Bonchev–Trinajstić information content (AvgIpc) is 1.99. The lowest BCUT2D eigenvalue weighted by molar-refractivity contribution is 0.358. The summed E-state index contributed by atoms with van der Waals surface area (Å²) in [6.45, 7) is 2.23. The van der Waals surface area contributed by atoms with Crippen LogP contribution in [0.15, 0.2) is 0 Å². The van der Waals surface area contributed by atoms with Gasteiger partial charge < -0.3 is 4.52 Å². The van der Waals surface area contributed by atoms with E-state index in [4.69, 9.17) is 10.9 Å². The summed E-state index contributed by atoms with van der Waals surface area (Å²) in [5.41, 5.74) is 2.50. The summed E-state index contributed by atoms with van der Waals surface area (Å²) in [6, 6.07) is 0. The zero-order valence-electron chi connectivity index (χ0n) is 6.52. The molecule has 0 aromatic heterocycles. The van der Waals surface area contributed by atoms with Crippen LogP contribution in [0.2, 0.25) is 0 Å². The second-order valence-corrected chi connectivity index (χ2v) is 2.84. The Kier molecular flexibility index (Phi) is 6.95. The Bertz CT molecular complexity index is 216. The molecule has 0 spiro atoms. The zero-order chi connectivity index (χ0) is 8.53. The fourth-order valence-electron chi connectivity index (χ4n) is 0.437. The lowest BCUT2D eigenvalue weighted by Gasteiger charge is -1.89. The lowest BCUT2D eigenvalue weighted by atomic mass is 10.3. The van der Waals surface area contributed by atoms with Crippen LogP contribution in [0.5, 0.6) is 0 Å². The summed E-state index contributed by atoms with van der Waals surface area (Å²) in [7, 11) is -2.10. The molecule has 0 amide bonds. The van der Waals surface area contributed by atoms with Gasteiger partial charge in [-0.05, 0) is 12.6 Å². The molecule has 0 fully saturated rings. The normalized spacial score (nSPS) is 10.9. The highest BCUT2D eigenvalue weighted by Crippen LogP contribution is 2.18. The van der Waals surface area contributed by atoms with Gasteiger partial charge in [0.15, 0.2) is 0 Å². The fourth-order valence-corrected chi connectivity index (χ4v) is 1.04. The number of hydrogen-bond acceptors (Lipinski definition) is 2. The SMILES string of the molecule is C#CCCC#C[PH](=O)OCC. The Balaban J connectivity index is 3.53. The summed E-state index contributed by atoms with van der Waals surface area (Å²) in [4.78, 5) is 0. The van der Waals surface area contributed by atoms with Crippen LogP contribution in [-0.2, 0) is 9.09 Å². The fraction of sp³-hybridized carbons (Fsp3) is 0.500. The standard InChI is InChI=1S/C8H11O2P/c1-3-5-6-7-8-11(9)10-4-2/h1,11H,4-6H2,2H3. The first-order chi connectivity index (χ1) is 5.31. The van der Waals surface area contributed by atoms with Gasteiger partial charge in [-0.2, -0.15) is 0 Å². The molecule has 1 unspecified atom stereocenters. The van der Waals surface area contributed by atoms with Crippen LogP contribution >= 0.6 is 8.03 Å². The minimum Gasteiger partial charge on any atom is -0.322 e. The molecule has 0 radical (unpaired) electrons. The highest BCUT2D eigenvalue weighted by atomic mass is 31.1. The molecule has 0 N–H and O–H groups in total. The van der Waals surface area contributed by atoms with E-state index in [9.17, 15) is 4.57 Å². The van der Waals surface area contributed by atoms with Crippen molar-refractivity contribution in [2.75, 3.05) is 6.61 Å². The molecule has 1 atom stereocenters. The van der Waals surface area contributed by atoms with Crippen LogP contribution in [0.3, 0.4) is 0 Å². The molecule has 0 rings (SSSR count). The molecule has 0 bridgehead atoms. The molecule has 0 aliphatic carbocycles. The van der Waals surface area contributed by atoms with Crippen LogP contribution in [0.4, 0.5) is 0 Å². The molecule has 0 saturated heterocycles. The maximum atomic E-state index is 10.7. The van der Waals surface area contributed by atoms with Crippen LogP contribution in [-0.4, -0.2) is 6.61 Å². The Morgan fingerprint density at radius 1 is 1.55 bits per heavy atom. The van der Waals surface area contributed by atoms with Crippen molar-refractivity contribution < 1.29 is 9.09 Å². The molecule has 60 valence electrons. The maximum Gasteiger partial charge on any atom is 0.262 e. The first kappa shape index (κ1) is 10.3. The van der Waals surface area contributed by atoms with E-state index in [1.165, 1.54) is 0 Å². The largest absolute Gasteiger partial charge is 0.322 e. The van der Waals surface area contributed by atoms with Crippen molar-refractivity contribution in [2.45, 2.75) is 19.8 Å². The summed E-state index contributed by atoms with van der Waals surface area (Å²) in [5, 5.41) is 0. The van der Waals surface area contributed by atoms with Crippen molar-refractivity contribution in [2.24, 2.45) is 0 Å². The molecule has 0 heterocycles.